The molecule has 0 saturated carbocycles. The lowest BCUT2D eigenvalue weighted by Crippen LogP contribution is -2.18. The van der Waals surface area contributed by atoms with Gasteiger partial charge in [0.2, 0.25) is 5.91 Å². The number of nitrogens with one attached hydrogen (secondary N) is 1. The number of rotatable bonds is 3. The Hall–Kier alpha value is -2.07. The number of carbonyl (C=O) groups is 1. The monoisotopic (exact) mass is 328 g/mol. The van der Waals surface area contributed by atoms with Crippen LogP contribution in [0.4, 0.5) is 5.69 Å². The van der Waals surface area contributed by atoms with E-state index in [0.717, 1.165) is 21.1 Å². The third kappa shape index (κ3) is 2.75. The molecule has 1 amide bonds. The number of hydrogen-bond acceptors (Lipinski definition) is 1. The third-order valence-electron chi connectivity index (χ3n) is 3.10. The Labute approximate surface area is 125 Å². The molecule has 0 atom stereocenters. The summed E-state index contributed by atoms with van der Waals surface area (Å²) in [4.78, 5) is 12.0. The summed E-state index contributed by atoms with van der Waals surface area (Å²) in [5.41, 5.74) is 1.87. The summed E-state index contributed by atoms with van der Waals surface area (Å²) in [7, 11) is 0. The Kier molecular flexibility index (Phi) is 3.56. The zero-order valence-corrected chi connectivity index (χ0v) is 12.3. The number of para-hydroxylation sites is 1. The highest BCUT2D eigenvalue weighted by Gasteiger charge is 2.06. The minimum absolute atomic E-state index is 0.0309. The molecule has 0 saturated heterocycles. The second kappa shape index (κ2) is 5.51. The summed E-state index contributed by atoms with van der Waals surface area (Å²) >= 11 is 3.45. The lowest BCUT2D eigenvalue weighted by Gasteiger charge is -2.07. The number of nitrogens with zero attached hydrogens (tertiary/aromatic N) is 1. The van der Waals surface area contributed by atoms with E-state index in [1.807, 2.05) is 65.4 Å². The third-order valence-corrected chi connectivity index (χ3v) is 3.60. The van der Waals surface area contributed by atoms with Gasteiger partial charge in [-0.3, -0.25) is 4.79 Å². The standard InChI is InChI=1S/C16H13BrN2O/c17-13-6-7-15-12(10-13)8-9-19(15)11-16(20)18-14-4-2-1-3-5-14/h1-10H,11H2,(H,18,20). The van der Waals surface area contributed by atoms with E-state index in [1.54, 1.807) is 0 Å². The highest BCUT2D eigenvalue weighted by molar-refractivity contribution is 9.10. The molecule has 0 aliphatic carbocycles. The molecular formula is C16H13BrN2O. The number of amides is 1. The van der Waals surface area contributed by atoms with Crippen molar-refractivity contribution in [1.29, 1.82) is 0 Å². The highest BCUT2D eigenvalue weighted by Crippen LogP contribution is 2.20. The molecule has 3 aromatic rings. The molecule has 100 valence electrons. The van der Waals surface area contributed by atoms with Gasteiger partial charge in [0.15, 0.2) is 0 Å². The Bertz CT molecular complexity index is 750. The van der Waals surface area contributed by atoms with Crippen LogP contribution < -0.4 is 5.32 Å². The largest absolute Gasteiger partial charge is 0.338 e. The van der Waals surface area contributed by atoms with Gasteiger partial charge in [-0.05, 0) is 36.4 Å². The first-order chi connectivity index (χ1) is 9.72. The van der Waals surface area contributed by atoms with Crippen molar-refractivity contribution >= 4 is 38.4 Å². The SMILES string of the molecule is O=C(Cn1ccc2cc(Br)ccc21)Nc1ccccc1. The number of fused-ring (bicyclic) bond motifs is 1. The van der Waals surface area contributed by atoms with E-state index in [-0.39, 0.29) is 5.91 Å². The highest BCUT2D eigenvalue weighted by atomic mass is 79.9. The first kappa shape index (κ1) is 12.9. The van der Waals surface area contributed by atoms with E-state index in [0.29, 0.717) is 6.54 Å². The predicted octanol–water partition coefficient (Wildman–Crippen LogP) is 4.04. The molecule has 3 nitrogen and oxygen atoms in total. The molecule has 1 heterocycles. The topological polar surface area (TPSA) is 34.0 Å². The Morgan fingerprint density at radius 3 is 2.70 bits per heavy atom. The van der Waals surface area contributed by atoms with Crippen molar-refractivity contribution in [3.05, 3.63) is 65.3 Å². The average molecular weight is 329 g/mol. The van der Waals surface area contributed by atoms with Crippen molar-refractivity contribution in [1.82, 2.24) is 4.57 Å². The van der Waals surface area contributed by atoms with Crippen molar-refractivity contribution in [2.75, 3.05) is 5.32 Å². The second-order valence-electron chi connectivity index (χ2n) is 4.56. The van der Waals surface area contributed by atoms with E-state index in [1.165, 1.54) is 0 Å². The zero-order chi connectivity index (χ0) is 13.9. The summed E-state index contributed by atoms with van der Waals surface area (Å²) in [6.45, 7) is 0.306. The molecule has 20 heavy (non-hydrogen) atoms. The summed E-state index contributed by atoms with van der Waals surface area (Å²) in [5.74, 6) is -0.0309. The first-order valence-electron chi connectivity index (χ1n) is 6.32. The second-order valence-corrected chi connectivity index (χ2v) is 5.48. The van der Waals surface area contributed by atoms with Crippen molar-refractivity contribution in [2.45, 2.75) is 6.54 Å². The van der Waals surface area contributed by atoms with Gasteiger partial charge < -0.3 is 9.88 Å². The van der Waals surface area contributed by atoms with Gasteiger partial charge in [0.1, 0.15) is 6.54 Å². The van der Waals surface area contributed by atoms with Gasteiger partial charge in [0, 0.05) is 27.3 Å². The van der Waals surface area contributed by atoms with Crippen LogP contribution in [0, 0.1) is 0 Å². The van der Waals surface area contributed by atoms with Gasteiger partial charge in [-0.1, -0.05) is 34.1 Å². The number of anilines is 1. The van der Waals surface area contributed by atoms with E-state index < -0.39 is 0 Å². The van der Waals surface area contributed by atoms with E-state index in [4.69, 9.17) is 0 Å². The Morgan fingerprint density at radius 2 is 1.90 bits per heavy atom. The molecule has 1 aromatic heterocycles. The van der Waals surface area contributed by atoms with Crippen LogP contribution in [-0.4, -0.2) is 10.5 Å². The molecule has 2 aromatic carbocycles. The van der Waals surface area contributed by atoms with Crippen LogP contribution in [0.5, 0.6) is 0 Å². The first-order valence-corrected chi connectivity index (χ1v) is 7.11. The van der Waals surface area contributed by atoms with Gasteiger partial charge in [-0.15, -0.1) is 0 Å². The van der Waals surface area contributed by atoms with Crippen LogP contribution >= 0.6 is 15.9 Å². The smallest absolute Gasteiger partial charge is 0.244 e. The number of halogens is 1. The lowest BCUT2D eigenvalue weighted by molar-refractivity contribution is -0.116. The lowest BCUT2D eigenvalue weighted by atomic mass is 10.2. The minimum Gasteiger partial charge on any atom is -0.338 e. The molecule has 4 heteroatoms. The number of aromatic nitrogens is 1. The van der Waals surface area contributed by atoms with Gasteiger partial charge >= 0.3 is 0 Å². The van der Waals surface area contributed by atoms with Crippen LogP contribution in [-0.2, 0) is 11.3 Å². The van der Waals surface area contributed by atoms with Gasteiger partial charge in [-0.25, -0.2) is 0 Å². The van der Waals surface area contributed by atoms with Crippen LogP contribution in [0.25, 0.3) is 10.9 Å². The normalized spacial score (nSPS) is 10.7. The predicted molar refractivity (Wildman–Crippen MR) is 84.7 cm³/mol. The van der Waals surface area contributed by atoms with Crippen LogP contribution in [0.15, 0.2) is 65.3 Å². The fourth-order valence-corrected chi connectivity index (χ4v) is 2.56. The average Bonchev–Trinajstić information content (AvgIpc) is 2.82. The van der Waals surface area contributed by atoms with Gasteiger partial charge in [0.05, 0.1) is 0 Å². The van der Waals surface area contributed by atoms with Gasteiger partial charge in [0.25, 0.3) is 0 Å². The van der Waals surface area contributed by atoms with Crippen molar-refractivity contribution in [3.8, 4) is 0 Å². The fraction of sp³-hybridized carbons (Fsp3) is 0.0625. The summed E-state index contributed by atoms with van der Waals surface area (Å²) in [5, 5.41) is 4.00. The van der Waals surface area contributed by atoms with Crippen LogP contribution in [0.2, 0.25) is 0 Å². The molecule has 3 rings (SSSR count). The summed E-state index contributed by atoms with van der Waals surface area (Å²) in [6.07, 6.45) is 1.93. The molecule has 0 radical (unpaired) electrons. The molecule has 0 bridgehead atoms. The maximum absolute atomic E-state index is 12.0. The minimum atomic E-state index is -0.0309. The molecule has 0 fully saturated rings. The number of hydrogen-bond donors (Lipinski definition) is 1. The Balaban J connectivity index is 1.78. The van der Waals surface area contributed by atoms with E-state index in [2.05, 4.69) is 21.2 Å². The quantitative estimate of drug-likeness (QED) is 0.773. The van der Waals surface area contributed by atoms with Crippen LogP contribution in [0.3, 0.4) is 0 Å². The van der Waals surface area contributed by atoms with Crippen LogP contribution in [0.1, 0.15) is 0 Å². The Morgan fingerprint density at radius 1 is 1.10 bits per heavy atom. The molecular weight excluding hydrogens is 316 g/mol. The van der Waals surface area contributed by atoms with E-state index in [9.17, 15) is 4.79 Å². The maximum atomic E-state index is 12.0. The fourth-order valence-electron chi connectivity index (χ4n) is 2.19. The summed E-state index contributed by atoms with van der Waals surface area (Å²) in [6, 6.07) is 17.5. The molecule has 0 aliphatic rings. The number of carbonyl (C=O) groups excluding carboxylic acids is 1. The maximum Gasteiger partial charge on any atom is 0.244 e. The number of benzene rings is 2. The summed E-state index contributed by atoms with van der Waals surface area (Å²) < 4.78 is 2.98. The molecule has 0 unspecified atom stereocenters. The van der Waals surface area contributed by atoms with Crippen molar-refractivity contribution in [3.63, 3.8) is 0 Å². The van der Waals surface area contributed by atoms with Gasteiger partial charge in [-0.2, -0.15) is 0 Å². The molecule has 0 spiro atoms. The van der Waals surface area contributed by atoms with E-state index >= 15 is 0 Å². The van der Waals surface area contributed by atoms with Crippen molar-refractivity contribution in [2.24, 2.45) is 0 Å². The van der Waals surface area contributed by atoms with Crippen molar-refractivity contribution < 1.29 is 4.79 Å². The molecule has 0 aliphatic heterocycles. The molecule has 1 N–H and O–H groups in total. The zero-order valence-electron chi connectivity index (χ0n) is 10.7.